The fourth-order valence-electron chi connectivity index (χ4n) is 2.74. The summed E-state index contributed by atoms with van der Waals surface area (Å²) in [5.41, 5.74) is 3.43. The number of carbonyl (C=O) groups excluding carboxylic acids is 1. The van der Waals surface area contributed by atoms with E-state index < -0.39 is 5.97 Å². The molecule has 0 saturated carbocycles. The zero-order valence-electron chi connectivity index (χ0n) is 12.3. The first kappa shape index (κ1) is 14.1. The highest BCUT2D eigenvalue weighted by Crippen LogP contribution is 2.26. The fourth-order valence-corrected chi connectivity index (χ4v) is 2.74. The Labute approximate surface area is 127 Å². The molecule has 3 aromatic rings. The average Bonchev–Trinajstić information content (AvgIpc) is 2.81. The lowest BCUT2D eigenvalue weighted by Crippen LogP contribution is -2.10. The number of rotatable bonds is 3. The summed E-state index contributed by atoms with van der Waals surface area (Å²) < 4.78 is 0. The van der Waals surface area contributed by atoms with Gasteiger partial charge in [0.2, 0.25) is 0 Å². The van der Waals surface area contributed by atoms with E-state index >= 15 is 0 Å². The van der Waals surface area contributed by atoms with E-state index in [1.807, 2.05) is 32.0 Å². The Hall–Kier alpha value is -2.88. The number of aromatic carboxylic acids is 1. The van der Waals surface area contributed by atoms with Gasteiger partial charge in [-0.25, -0.2) is 4.79 Å². The van der Waals surface area contributed by atoms with Gasteiger partial charge in [0.25, 0.3) is 0 Å². The first-order chi connectivity index (χ1) is 10.5. The van der Waals surface area contributed by atoms with Crippen LogP contribution < -0.4 is 0 Å². The number of carbonyl (C=O) groups is 2. The number of H-pyrrole nitrogens is 1. The number of hydrogen-bond acceptors (Lipinski definition) is 2. The van der Waals surface area contributed by atoms with Crippen LogP contribution in [0.3, 0.4) is 0 Å². The second-order valence-electron chi connectivity index (χ2n) is 5.35. The van der Waals surface area contributed by atoms with E-state index in [1.54, 1.807) is 18.2 Å². The zero-order valence-corrected chi connectivity index (χ0v) is 12.3. The van der Waals surface area contributed by atoms with E-state index in [9.17, 15) is 14.7 Å². The van der Waals surface area contributed by atoms with Crippen molar-refractivity contribution in [3.63, 3.8) is 0 Å². The van der Waals surface area contributed by atoms with Crippen LogP contribution >= 0.6 is 0 Å². The number of nitrogens with one attached hydrogen (secondary N) is 1. The molecule has 0 aliphatic rings. The van der Waals surface area contributed by atoms with Crippen molar-refractivity contribution in [3.05, 3.63) is 70.4 Å². The summed E-state index contributed by atoms with van der Waals surface area (Å²) >= 11 is 0. The van der Waals surface area contributed by atoms with Crippen molar-refractivity contribution in [2.24, 2.45) is 0 Å². The molecule has 0 spiro atoms. The molecule has 2 N–H and O–H groups in total. The predicted octanol–water partition coefficient (Wildman–Crippen LogP) is 3.71. The minimum absolute atomic E-state index is 0.0221. The van der Waals surface area contributed by atoms with Gasteiger partial charge in [0, 0.05) is 22.2 Å². The van der Waals surface area contributed by atoms with Gasteiger partial charge in [0.05, 0.1) is 11.1 Å². The zero-order chi connectivity index (χ0) is 15.9. The van der Waals surface area contributed by atoms with Crippen LogP contribution in [0.25, 0.3) is 10.9 Å². The van der Waals surface area contributed by atoms with Gasteiger partial charge in [-0.2, -0.15) is 0 Å². The third-order valence-electron chi connectivity index (χ3n) is 3.77. The van der Waals surface area contributed by atoms with Gasteiger partial charge in [-0.05, 0) is 32.0 Å². The minimum atomic E-state index is -1.10. The largest absolute Gasteiger partial charge is 0.478 e. The van der Waals surface area contributed by atoms with Gasteiger partial charge in [0.15, 0.2) is 5.78 Å². The Balaban J connectivity index is 2.24. The van der Waals surface area contributed by atoms with Crippen LogP contribution in [0.5, 0.6) is 0 Å². The van der Waals surface area contributed by atoms with Gasteiger partial charge >= 0.3 is 5.97 Å². The standard InChI is InChI=1S/C18H15NO3/c1-10-7-8-15-14(9-10)16(11(2)19-15)17(20)12-5-3-4-6-13(12)18(21)22/h3-9,19H,1-2H3,(H,21,22). The Bertz CT molecular complexity index is 906. The van der Waals surface area contributed by atoms with Crippen molar-refractivity contribution in [1.29, 1.82) is 0 Å². The summed E-state index contributed by atoms with van der Waals surface area (Å²) in [7, 11) is 0. The third-order valence-corrected chi connectivity index (χ3v) is 3.77. The van der Waals surface area contributed by atoms with E-state index in [1.165, 1.54) is 6.07 Å². The molecule has 0 bridgehead atoms. The molecule has 3 rings (SSSR count). The molecular weight excluding hydrogens is 278 g/mol. The van der Waals surface area contributed by atoms with Crippen molar-refractivity contribution in [3.8, 4) is 0 Å². The molecule has 0 radical (unpaired) electrons. The van der Waals surface area contributed by atoms with Crippen molar-refractivity contribution in [2.45, 2.75) is 13.8 Å². The van der Waals surface area contributed by atoms with Crippen molar-refractivity contribution in [1.82, 2.24) is 4.98 Å². The van der Waals surface area contributed by atoms with E-state index in [4.69, 9.17) is 0 Å². The van der Waals surface area contributed by atoms with E-state index in [0.29, 0.717) is 5.56 Å². The lowest BCUT2D eigenvalue weighted by molar-refractivity contribution is 0.0693. The maximum absolute atomic E-state index is 12.9. The van der Waals surface area contributed by atoms with Crippen LogP contribution in [0, 0.1) is 13.8 Å². The van der Waals surface area contributed by atoms with Crippen molar-refractivity contribution < 1.29 is 14.7 Å². The average molecular weight is 293 g/mol. The van der Waals surface area contributed by atoms with Crippen molar-refractivity contribution >= 4 is 22.7 Å². The number of aryl methyl sites for hydroxylation is 2. The van der Waals surface area contributed by atoms with Crippen molar-refractivity contribution in [2.75, 3.05) is 0 Å². The van der Waals surface area contributed by atoms with Gasteiger partial charge in [-0.15, -0.1) is 0 Å². The first-order valence-corrected chi connectivity index (χ1v) is 6.95. The lowest BCUT2D eigenvalue weighted by Gasteiger charge is -2.05. The van der Waals surface area contributed by atoms with Gasteiger partial charge in [-0.3, -0.25) is 4.79 Å². The predicted molar refractivity (Wildman–Crippen MR) is 84.6 cm³/mol. The molecule has 1 aromatic heterocycles. The molecule has 22 heavy (non-hydrogen) atoms. The van der Waals surface area contributed by atoms with Gasteiger partial charge in [0.1, 0.15) is 0 Å². The number of carboxylic acid groups (broad SMARTS) is 1. The number of hydrogen-bond donors (Lipinski definition) is 2. The van der Waals surface area contributed by atoms with E-state index in [-0.39, 0.29) is 16.9 Å². The fraction of sp³-hybridized carbons (Fsp3) is 0.111. The van der Waals surface area contributed by atoms with E-state index in [2.05, 4.69) is 4.98 Å². The Morgan fingerprint density at radius 2 is 1.68 bits per heavy atom. The first-order valence-electron chi connectivity index (χ1n) is 6.95. The Kier molecular flexibility index (Phi) is 3.29. The molecule has 1 heterocycles. The highest BCUT2D eigenvalue weighted by Gasteiger charge is 2.22. The van der Waals surface area contributed by atoms with Crippen LogP contribution in [0.15, 0.2) is 42.5 Å². The summed E-state index contributed by atoms with van der Waals surface area (Å²) in [5.74, 6) is -1.37. The van der Waals surface area contributed by atoms with Crippen LogP contribution in [-0.2, 0) is 0 Å². The normalized spacial score (nSPS) is 10.8. The molecule has 4 nitrogen and oxygen atoms in total. The number of fused-ring (bicyclic) bond motifs is 1. The summed E-state index contributed by atoms with van der Waals surface area (Å²) in [6, 6.07) is 12.1. The summed E-state index contributed by atoms with van der Waals surface area (Å²) in [6.07, 6.45) is 0. The molecule has 0 atom stereocenters. The second kappa shape index (κ2) is 5.15. The molecule has 2 aromatic carbocycles. The van der Waals surface area contributed by atoms with Crippen LogP contribution in [0.1, 0.15) is 37.5 Å². The highest BCUT2D eigenvalue weighted by molar-refractivity contribution is 6.20. The monoisotopic (exact) mass is 293 g/mol. The summed E-state index contributed by atoms with van der Waals surface area (Å²) in [4.78, 5) is 27.4. The molecule has 0 fully saturated rings. The summed E-state index contributed by atoms with van der Waals surface area (Å²) in [5, 5.41) is 10.1. The number of ketones is 1. The topological polar surface area (TPSA) is 70.2 Å². The maximum Gasteiger partial charge on any atom is 0.336 e. The lowest BCUT2D eigenvalue weighted by atomic mass is 9.96. The Morgan fingerprint density at radius 1 is 1.00 bits per heavy atom. The summed E-state index contributed by atoms with van der Waals surface area (Å²) in [6.45, 7) is 3.78. The van der Waals surface area contributed by atoms with E-state index in [0.717, 1.165) is 22.2 Å². The number of aromatic amines is 1. The third kappa shape index (κ3) is 2.19. The number of carboxylic acids is 1. The molecule has 0 aliphatic heterocycles. The van der Waals surface area contributed by atoms with Crippen LogP contribution in [0.4, 0.5) is 0 Å². The Morgan fingerprint density at radius 3 is 2.36 bits per heavy atom. The quantitative estimate of drug-likeness (QED) is 0.723. The number of benzene rings is 2. The smallest absolute Gasteiger partial charge is 0.336 e. The molecule has 0 unspecified atom stereocenters. The van der Waals surface area contributed by atoms with Crippen LogP contribution in [0.2, 0.25) is 0 Å². The highest BCUT2D eigenvalue weighted by atomic mass is 16.4. The van der Waals surface area contributed by atoms with Gasteiger partial charge < -0.3 is 10.1 Å². The molecule has 110 valence electrons. The van der Waals surface area contributed by atoms with Gasteiger partial charge in [-0.1, -0.05) is 29.8 Å². The molecule has 0 saturated heterocycles. The molecular formula is C18H15NO3. The van der Waals surface area contributed by atoms with Crippen LogP contribution in [-0.4, -0.2) is 21.8 Å². The maximum atomic E-state index is 12.9. The molecule has 4 heteroatoms. The SMILES string of the molecule is Cc1ccc2[nH]c(C)c(C(=O)c3ccccc3C(=O)O)c2c1. The minimum Gasteiger partial charge on any atom is -0.478 e. The number of aromatic nitrogens is 1. The molecule has 0 aliphatic carbocycles. The molecule has 0 amide bonds. The second-order valence-corrected chi connectivity index (χ2v) is 5.35.